The summed E-state index contributed by atoms with van der Waals surface area (Å²) in [5.41, 5.74) is 2.24. The third-order valence-corrected chi connectivity index (χ3v) is 5.83. The summed E-state index contributed by atoms with van der Waals surface area (Å²) in [5.74, 6) is -0.414. The summed E-state index contributed by atoms with van der Waals surface area (Å²) in [6.45, 7) is 6.98. The quantitative estimate of drug-likeness (QED) is 0.327. The first-order valence-electron chi connectivity index (χ1n) is 11.5. The standard InChI is InChI=1S/C27H29NO6/c1-16-21(15-14-19-18-12-8-9-13-20(18)24(29)33-23(16)19)32-25(30)22(17-10-6-5-7-11-17)28-26(31)34-27(2,3)4/h5-7,10-11,14-15,22H,8-9,12-13H2,1-4H3,(H,28,31)/t22-/m1/s1. The molecule has 7 nitrogen and oxygen atoms in total. The second-order valence-electron chi connectivity index (χ2n) is 9.53. The van der Waals surface area contributed by atoms with Gasteiger partial charge in [-0.1, -0.05) is 30.3 Å². The van der Waals surface area contributed by atoms with Crippen molar-refractivity contribution in [2.24, 2.45) is 0 Å². The van der Waals surface area contributed by atoms with Gasteiger partial charge >= 0.3 is 17.7 Å². The van der Waals surface area contributed by atoms with E-state index in [2.05, 4.69) is 5.32 Å². The fraction of sp³-hybridized carbons (Fsp3) is 0.370. The lowest BCUT2D eigenvalue weighted by Gasteiger charge is -2.23. The molecule has 0 spiro atoms. The highest BCUT2D eigenvalue weighted by atomic mass is 16.6. The Hall–Kier alpha value is -3.61. The molecule has 0 unspecified atom stereocenters. The van der Waals surface area contributed by atoms with E-state index in [-0.39, 0.29) is 11.4 Å². The van der Waals surface area contributed by atoms with Gasteiger partial charge < -0.3 is 19.2 Å². The van der Waals surface area contributed by atoms with Crippen LogP contribution in [0, 0.1) is 6.92 Å². The second-order valence-corrected chi connectivity index (χ2v) is 9.53. The van der Waals surface area contributed by atoms with E-state index in [1.54, 1.807) is 58.0 Å². The van der Waals surface area contributed by atoms with E-state index in [0.717, 1.165) is 42.2 Å². The van der Waals surface area contributed by atoms with E-state index >= 15 is 0 Å². The number of aryl methyl sites for hydroxylation is 2. The minimum atomic E-state index is -1.08. The summed E-state index contributed by atoms with van der Waals surface area (Å²) in [6, 6.07) is 11.3. The average Bonchev–Trinajstić information content (AvgIpc) is 2.79. The Labute approximate surface area is 198 Å². The molecule has 2 aromatic carbocycles. The third kappa shape index (κ3) is 4.98. The van der Waals surface area contributed by atoms with Crippen molar-refractivity contribution in [1.29, 1.82) is 0 Å². The molecule has 1 heterocycles. The lowest BCUT2D eigenvalue weighted by atomic mass is 9.90. The van der Waals surface area contributed by atoms with Gasteiger partial charge in [0, 0.05) is 16.5 Å². The smallest absolute Gasteiger partial charge is 0.408 e. The molecule has 0 aliphatic heterocycles. The minimum Gasteiger partial charge on any atom is -0.444 e. The van der Waals surface area contributed by atoms with Crippen LogP contribution in [0.2, 0.25) is 0 Å². The van der Waals surface area contributed by atoms with Gasteiger partial charge in [-0.15, -0.1) is 0 Å². The van der Waals surface area contributed by atoms with Crippen LogP contribution in [0.25, 0.3) is 11.0 Å². The number of carbonyl (C=O) groups excluding carboxylic acids is 2. The number of esters is 1. The second kappa shape index (κ2) is 9.33. The number of carbonyl (C=O) groups is 2. The van der Waals surface area contributed by atoms with E-state index in [1.807, 2.05) is 12.1 Å². The van der Waals surface area contributed by atoms with Crippen molar-refractivity contribution in [2.45, 2.75) is 65.0 Å². The maximum Gasteiger partial charge on any atom is 0.408 e. The minimum absolute atomic E-state index is 0.267. The summed E-state index contributed by atoms with van der Waals surface area (Å²) in [6.07, 6.45) is 2.82. The van der Waals surface area contributed by atoms with Crippen molar-refractivity contribution in [2.75, 3.05) is 0 Å². The molecule has 1 aliphatic rings. The third-order valence-electron chi connectivity index (χ3n) is 5.83. The van der Waals surface area contributed by atoms with E-state index in [1.165, 1.54) is 0 Å². The van der Waals surface area contributed by atoms with Crippen molar-refractivity contribution >= 4 is 23.0 Å². The topological polar surface area (TPSA) is 94.8 Å². The number of rotatable bonds is 4. The highest BCUT2D eigenvalue weighted by Gasteiger charge is 2.28. The lowest BCUT2D eigenvalue weighted by Crippen LogP contribution is -2.39. The molecule has 3 aromatic rings. The number of nitrogens with one attached hydrogen (secondary N) is 1. The van der Waals surface area contributed by atoms with E-state index in [4.69, 9.17) is 13.9 Å². The van der Waals surface area contributed by atoms with Crippen molar-refractivity contribution in [1.82, 2.24) is 5.32 Å². The van der Waals surface area contributed by atoms with Crippen LogP contribution >= 0.6 is 0 Å². The summed E-state index contributed by atoms with van der Waals surface area (Å²) in [5, 5.41) is 3.48. The van der Waals surface area contributed by atoms with Gasteiger partial charge in [-0.05, 0) is 76.6 Å². The first kappa shape index (κ1) is 23.5. The summed E-state index contributed by atoms with van der Waals surface area (Å²) < 4.78 is 16.7. The van der Waals surface area contributed by atoms with Crippen LogP contribution in [0.1, 0.15) is 61.9 Å². The van der Waals surface area contributed by atoms with Gasteiger partial charge in [0.15, 0.2) is 6.04 Å². The Bertz CT molecular complexity index is 1290. The molecule has 34 heavy (non-hydrogen) atoms. The Morgan fingerprint density at radius 3 is 2.35 bits per heavy atom. The molecular weight excluding hydrogens is 434 g/mol. The monoisotopic (exact) mass is 463 g/mol. The molecule has 7 heteroatoms. The largest absolute Gasteiger partial charge is 0.444 e. The molecule has 1 aromatic heterocycles. The Kier molecular flexibility index (Phi) is 6.46. The van der Waals surface area contributed by atoms with Crippen molar-refractivity contribution in [3.63, 3.8) is 0 Å². The predicted octanol–water partition coefficient (Wildman–Crippen LogP) is 5.15. The molecule has 0 bridgehead atoms. The van der Waals surface area contributed by atoms with Gasteiger partial charge in [-0.25, -0.2) is 14.4 Å². The molecule has 178 valence electrons. The fourth-order valence-electron chi connectivity index (χ4n) is 4.25. The van der Waals surface area contributed by atoms with E-state index < -0.39 is 23.7 Å². The lowest BCUT2D eigenvalue weighted by molar-refractivity contribution is -0.137. The van der Waals surface area contributed by atoms with Crippen LogP contribution in [0.5, 0.6) is 5.75 Å². The maximum absolute atomic E-state index is 13.2. The molecule has 0 saturated heterocycles. The van der Waals surface area contributed by atoms with Crippen LogP contribution in [-0.2, 0) is 22.4 Å². The van der Waals surface area contributed by atoms with Gasteiger partial charge in [-0.2, -0.15) is 0 Å². The summed E-state index contributed by atoms with van der Waals surface area (Å²) in [4.78, 5) is 38.2. The van der Waals surface area contributed by atoms with Crippen LogP contribution < -0.4 is 15.7 Å². The molecular formula is C27H29NO6. The molecule has 1 amide bonds. The molecule has 0 saturated carbocycles. The van der Waals surface area contributed by atoms with Crippen LogP contribution in [0.3, 0.4) is 0 Å². The maximum atomic E-state index is 13.2. The highest BCUT2D eigenvalue weighted by Crippen LogP contribution is 2.33. The van der Waals surface area contributed by atoms with Gasteiger partial charge in [0.25, 0.3) is 0 Å². The molecule has 1 atom stereocenters. The Morgan fingerprint density at radius 1 is 1.00 bits per heavy atom. The summed E-state index contributed by atoms with van der Waals surface area (Å²) >= 11 is 0. The fourth-order valence-corrected chi connectivity index (χ4v) is 4.25. The molecule has 0 fully saturated rings. The number of fused-ring (bicyclic) bond motifs is 3. The van der Waals surface area contributed by atoms with Crippen LogP contribution in [0.4, 0.5) is 4.79 Å². The van der Waals surface area contributed by atoms with Gasteiger partial charge in [0.2, 0.25) is 0 Å². The van der Waals surface area contributed by atoms with Crippen molar-refractivity contribution in [3.8, 4) is 5.75 Å². The molecule has 1 N–H and O–H groups in total. The highest BCUT2D eigenvalue weighted by molar-refractivity contribution is 5.89. The zero-order valence-electron chi connectivity index (χ0n) is 19.9. The SMILES string of the molecule is Cc1c(OC(=O)[C@H](NC(=O)OC(C)(C)C)c2ccccc2)ccc2c3c(c(=O)oc12)CCCC3. The van der Waals surface area contributed by atoms with Gasteiger partial charge in [0.1, 0.15) is 16.9 Å². The number of benzene rings is 2. The summed E-state index contributed by atoms with van der Waals surface area (Å²) in [7, 11) is 0. The number of amides is 1. The zero-order valence-corrected chi connectivity index (χ0v) is 19.9. The zero-order chi connectivity index (χ0) is 24.5. The first-order chi connectivity index (χ1) is 16.1. The first-order valence-corrected chi connectivity index (χ1v) is 11.5. The Balaban J connectivity index is 1.66. The van der Waals surface area contributed by atoms with Crippen molar-refractivity contribution in [3.05, 3.63) is 75.1 Å². The van der Waals surface area contributed by atoms with E-state index in [0.29, 0.717) is 16.7 Å². The Morgan fingerprint density at radius 2 is 1.68 bits per heavy atom. The van der Waals surface area contributed by atoms with Crippen LogP contribution in [0.15, 0.2) is 51.7 Å². The van der Waals surface area contributed by atoms with Crippen LogP contribution in [-0.4, -0.2) is 17.7 Å². The van der Waals surface area contributed by atoms with Crippen molar-refractivity contribution < 1.29 is 23.5 Å². The molecule has 4 rings (SSSR count). The number of hydrogen-bond donors (Lipinski definition) is 1. The van der Waals surface area contributed by atoms with Gasteiger partial charge in [0.05, 0.1) is 0 Å². The number of hydrogen-bond acceptors (Lipinski definition) is 6. The molecule has 0 radical (unpaired) electrons. The molecule has 1 aliphatic carbocycles. The van der Waals surface area contributed by atoms with Gasteiger partial charge in [-0.3, -0.25) is 0 Å². The normalized spacial score (nSPS) is 14.2. The average molecular weight is 464 g/mol. The van der Waals surface area contributed by atoms with E-state index in [9.17, 15) is 14.4 Å². The predicted molar refractivity (Wildman–Crippen MR) is 128 cm³/mol. The number of ether oxygens (including phenoxy) is 2. The number of alkyl carbamates (subject to hydrolysis) is 1.